The van der Waals surface area contributed by atoms with Gasteiger partial charge in [-0.1, -0.05) is 49.3 Å². The highest BCUT2D eigenvalue weighted by Crippen LogP contribution is 2.39. The molecule has 3 atom stereocenters. The average Bonchev–Trinajstić information content (AvgIpc) is 3.01. The SMILES string of the molecule is CC[C@H](C)C(=O)N=C1S[C@@H]2CS(=O)(=O)C[C@H]2N1Cc1ccc(Cl)cc1. The molecule has 1 aromatic rings. The topological polar surface area (TPSA) is 66.8 Å². The second kappa shape index (κ2) is 7.29. The molecule has 0 aromatic heterocycles. The molecule has 0 N–H and O–H groups in total. The minimum Gasteiger partial charge on any atom is -0.342 e. The Bertz CT molecular complexity index is 793. The number of amidine groups is 1. The van der Waals surface area contributed by atoms with Crippen molar-refractivity contribution in [3.05, 3.63) is 34.9 Å². The fourth-order valence-electron chi connectivity index (χ4n) is 2.99. The van der Waals surface area contributed by atoms with Crippen LogP contribution < -0.4 is 0 Å². The number of hydrogen-bond donors (Lipinski definition) is 0. The Kier molecular flexibility index (Phi) is 5.46. The van der Waals surface area contributed by atoms with Crippen LogP contribution in [0.25, 0.3) is 0 Å². The molecule has 3 rings (SSSR count). The summed E-state index contributed by atoms with van der Waals surface area (Å²) in [5.41, 5.74) is 1.01. The first-order valence-electron chi connectivity index (χ1n) is 8.29. The number of amides is 1. The van der Waals surface area contributed by atoms with Crippen LogP contribution in [-0.4, -0.2) is 47.2 Å². The molecule has 5 nitrogen and oxygen atoms in total. The number of hydrogen-bond acceptors (Lipinski definition) is 4. The van der Waals surface area contributed by atoms with E-state index in [1.54, 1.807) is 0 Å². The fraction of sp³-hybridized carbons (Fsp3) is 0.529. The molecule has 2 heterocycles. The van der Waals surface area contributed by atoms with Gasteiger partial charge in [0.15, 0.2) is 15.0 Å². The molecular weight excluding hydrogens is 380 g/mol. The van der Waals surface area contributed by atoms with Crippen molar-refractivity contribution in [2.45, 2.75) is 38.1 Å². The number of thioether (sulfide) groups is 1. The summed E-state index contributed by atoms with van der Waals surface area (Å²) < 4.78 is 24.0. The Labute approximate surface area is 157 Å². The smallest absolute Gasteiger partial charge is 0.250 e. The molecule has 1 aromatic carbocycles. The van der Waals surface area contributed by atoms with Gasteiger partial charge >= 0.3 is 0 Å². The Morgan fingerprint density at radius 3 is 2.68 bits per heavy atom. The molecule has 0 spiro atoms. The van der Waals surface area contributed by atoms with E-state index < -0.39 is 9.84 Å². The summed E-state index contributed by atoms with van der Waals surface area (Å²) in [7, 11) is -3.03. The summed E-state index contributed by atoms with van der Waals surface area (Å²) in [5, 5.41) is 1.24. The Balaban J connectivity index is 1.88. The predicted octanol–water partition coefficient (Wildman–Crippen LogP) is 2.98. The van der Waals surface area contributed by atoms with E-state index in [0.717, 1.165) is 12.0 Å². The summed E-state index contributed by atoms with van der Waals surface area (Å²) in [5.74, 6) is -0.00581. The van der Waals surface area contributed by atoms with Crippen LogP contribution in [0.15, 0.2) is 29.3 Å². The van der Waals surface area contributed by atoms with Crippen molar-refractivity contribution in [3.8, 4) is 0 Å². The number of aliphatic imine (C=N–C) groups is 1. The van der Waals surface area contributed by atoms with E-state index in [2.05, 4.69) is 4.99 Å². The highest BCUT2D eigenvalue weighted by Gasteiger charge is 2.48. The van der Waals surface area contributed by atoms with E-state index >= 15 is 0 Å². The number of carbonyl (C=O) groups is 1. The van der Waals surface area contributed by atoms with Gasteiger partial charge in [0.2, 0.25) is 0 Å². The van der Waals surface area contributed by atoms with E-state index in [4.69, 9.17) is 11.6 Å². The highest BCUT2D eigenvalue weighted by molar-refractivity contribution is 8.15. The van der Waals surface area contributed by atoms with Crippen LogP contribution in [0.5, 0.6) is 0 Å². The van der Waals surface area contributed by atoms with E-state index in [1.165, 1.54) is 11.8 Å². The maximum Gasteiger partial charge on any atom is 0.250 e. The van der Waals surface area contributed by atoms with Crippen LogP contribution in [0.3, 0.4) is 0 Å². The predicted molar refractivity (Wildman–Crippen MR) is 103 cm³/mol. The quantitative estimate of drug-likeness (QED) is 0.777. The molecule has 8 heteroatoms. The monoisotopic (exact) mass is 400 g/mol. The zero-order valence-electron chi connectivity index (χ0n) is 14.2. The van der Waals surface area contributed by atoms with Gasteiger partial charge in [-0.3, -0.25) is 4.79 Å². The molecule has 0 radical (unpaired) electrons. The van der Waals surface area contributed by atoms with Gasteiger partial charge in [0.05, 0.1) is 17.5 Å². The minimum absolute atomic E-state index is 0.0548. The van der Waals surface area contributed by atoms with Crippen LogP contribution in [0, 0.1) is 5.92 Å². The molecule has 0 saturated carbocycles. The van der Waals surface area contributed by atoms with Gasteiger partial charge in [-0.15, -0.1) is 0 Å². The van der Waals surface area contributed by atoms with Gasteiger partial charge in [0, 0.05) is 22.7 Å². The molecule has 2 fully saturated rings. The first-order chi connectivity index (χ1) is 11.8. The van der Waals surface area contributed by atoms with Gasteiger partial charge in [-0.2, -0.15) is 4.99 Å². The number of fused-ring (bicyclic) bond motifs is 1. The molecule has 25 heavy (non-hydrogen) atoms. The lowest BCUT2D eigenvalue weighted by atomic mass is 10.1. The molecule has 1 amide bonds. The maximum atomic E-state index is 12.3. The normalized spacial score (nSPS) is 27.5. The Morgan fingerprint density at radius 1 is 1.36 bits per heavy atom. The third kappa shape index (κ3) is 4.20. The lowest BCUT2D eigenvalue weighted by molar-refractivity contribution is -0.121. The van der Waals surface area contributed by atoms with E-state index in [0.29, 0.717) is 16.7 Å². The number of rotatable bonds is 4. The number of nitrogens with zero attached hydrogens (tertiary/aromatic N) is 2. The van der Waals surface area contributed by atoms with Gasteiger partial charge in [0.1, 0.15) is 0 Å². The van der Waals surface area contributed by atoms with Crippen molar-refractivity contribution in [3.63, 3.8) is 0 Å². The lowest BCUT2D eigenvalue weighted by Gasteiger charge is -2.24. The van der Waals surface area contributed by atoms with Gasteiger partial charge < -0.3 is 4.90 Å². The number of halogens is 1. The van der Waals surface area contributed by atoms with Crippen molar-refractivity contribution in [2.75, 3.05) is 11.5 Å². The molecule has 136 valence electrons. The zero-order chi connectivity index (χ0) is 18.2. The van der Waals surface area contributed by atoms with Crippen LogP contribution >= 0.6 is 23.4 Å². The van der Waals surface area contributed by atoms with Crippen LogP contribution in [-0.2, 0) is 21.2 Å². The molecule has 2 saturated heterocycles. The van der Waals surface area contributed by atoms with Crippen molar-refractivity contribution in [2.24, 2.45) is 10.9 Å². The van der Waals surface area contributed by atoms with Crippen LogP contribution in [0.2, 0.25) is 5.02 Å². The molecular formula is C17H21ClN2O3S2. The number of carbonyl (C=O) groups excluding carboxylic acids is 1. The molecule has 0 unspecified atom stereocenters. The van der Waals surface area contributed by atoms with Gasteiger partial charge in [0.25, 0.3) is 5.91 Å². The maximum absolute atomic E-state index is 12.3. The first-order valence-corrected chi connectivity index (χ1v) is 11.4. The van der Waals surface area contributed by atoms with Crippen molar-refractivity contribution >= 4 is 44.3 Å². The molecule has 2 aliphatic heterocycles. The number of sulfone groups is 1. The summed E-state index contributed by atoms with van der Waals surface area (Å²) in [6.45, 7) is 4.34. The second-order valence-electron chi connectivity index (χ2n) is 6.60. The minimum atomic E-state index is -3.03. The third-order valence-corrected chi connectivity index (χ3v) is 8.18. The van der Waals surface area contributed by atoms with E-state index in [-0.39, 0.29) is 34.6 Å². The Morgan fingerprint density at radius 2 is 2.04 bits per heavy atom. The van der Waals surface area contributed by atoms with Crippen molar-refractivity contribution in [1.29, 1.82) is 0 Å². The van der Waals surface area contributed by atoms with Gasteiger partial charge in [-0.25, -0.2) is 8.42 Å². The summed E-state index contributed by atoms with van der Waals surface area (Å²) >= 11 is 7.36. The van der Waals surface area contributed by atoms with Crippen LogP contribution in [0.1, 0.15) is 25.8 Å². The molecule has 2 aliphatic rings. The third-order valence-electron chi connectivity index (χ3n) is 4.68. The standard InChI is InChI=1S/C17H21ClN2O3S2/c1-3-11(2)16(21)19-17-20(8-12-4-6-13(18)7-5-12)14-9-25(22,23)10-15(14)24-17/h4-7,11,14-15H,3,8-10H2,1-2H3/t11-,14+,15+/m0/s1. The summed E-state index contributed by atoms with van der Waals surface area (Å²) in [6, 6.07) is 7.32. The largest absolute Gasteiger partial charge is 0.342 e. The highest BCUT2D eigenvalue weighted by atomic mass is 35.5. The molecule has 0 aliphatic carbocycles. The first kappa shape index (κ1) is 18.7. The lowest BCUT2D eigenvalue weighted by Crippen LogP contribution is -2.37. The average molecular weight is 401 g/mol. The summed E-state index contributed by atoms with van der Waals surface area (Å²) in [6.07, 6.45) is 0.735. The van der Waals surface area contributed by atoms with Crippen LogP contribution in [0.4, 0.5) is 0 Å². The fourth-order valence-corrected chi connectivity index (χ4v) is 7.07. The van der Waals surface area contributed by atoms with Crippen molar-refractivity contribution in [1.82, 2.24) is 4.90 Å². The second-order valence-corrected chi connectivity index (χ2v) is 10.4. The van der Waals surface area contributed by atoms with E-state index in [9.17, 15) is 13.2 Å². The van der Waals surface area contributed by atoms with E-state index in [1.807, 2.05) is 43.0 Å². The van der Waals surface area contributed by atoms with Gasteiger partial charge in [-0.05, 0) is 24.1 Å². The Hall–Kier alpha value is -1.05. The molecule has 0 bridgehead atoms. The zero-order valence-corrected chi connectivity index (χ0v) is 16.6. The number of benzene rings is 1. The van der Waals surface area contributed by atoms with Crippen molar-refractivity contribution < 1.29 is 13.2 Å². The summed E-state index contributed by atoms with van der Waals surface area (Å²) in [4.78, 5) is 18.6.